The van der Waals surface area contributed by atoms with Gasteiger partial charge in [-0.15, -0.1) is 0 Å². The van der Waals surface area contributed by atoms with Crippen LogP contribution in [0.5, 0.6) is 11.5 Å². The Hall–Kier alpha value is -3.61. The average molecular weight is 483 g/mol. The van der Waals surface area contributed by atoms with Crippen LogP contribution < -0.4 is 9.47 Å². The molecular weight excluding hydrogens is 448 g/mol. The smallest absolute Gasteiger partial charge is 0.129 e. The molecule has 1 N–H and O–H groups in total. The number of rotatable bonds is 9. The Labute approximate surface area is 213 Å². The predicted octanol–water partition coefficient (Wildman–Crippen LogP) is 4.95. The van der Waals surface area contributed by atoms with E-state index in [1.807, 2.05) is 42.5 Å². The maximum absolute atomic E-state index is 6.00. The molecule has 0 bridgehead atoms. The van der Waals surface area contributed by atoms with Crippen LogP contribution in [0.4, 0.5) is 0 Å². The van der Waals surface area contributed by atoms with Gasteiger partial charge in [0.2, 0.25) is 0 Å². The number of nitrogens with one attached hydrogen (secondary N) is 1. The fraction of sp³-hybridized carbons (Fsp3) is 0.300. The highest BCUT2D eigenvalue weighted by Crippen LogP contribution is 2.27. The van der Waals surface area contributed by atoms with Crippen molar-refractivity contribution in [3.63, 3.8) is 0 Å². The Balaban J connectivity index is 1.16. The van der Waals surface area contributed by atoms with E-state index in [4.69, 9.17) is 9.47 Å². The molecule has 2 heterocycles. The lowest BCUT2D eigenvalue weighted by Gasteiger charge is -2.32. The lowest BCUT2D eigenvalue weighted by Crippen LogP contribution is -2.45. The van der Waals surface area contributed by atoms with Gasteiger partial charge in [-0.3, -0.25) is 10.00 Å². The second-order valence-corrected chi connectivity index (χ2v) is 9.38. The van der Waals surface area contributed by atoms with Gasteiger partial charge in [0.15, 0.2) is 0 Å². The molecule has 1 saturated heterocycles. The molecule has 186 valence electrons. The van der Waals surface area contributed by atoms with Gasteiger partial charge >= 0.3 is 0 Å². The fourth-order valence-corrected chi connectivity index (χ4v) is 4.55. The molecule has 0 atom stereocenters. The third-order valence-corrected chi connectivity index (χ3v) is 6.79. The van der Waals surface area contributed by atoms with Crippen molar-refractivity contribution in [1.82, 2.24) is 20.0 Å². The van der Waals surface area contributed by atoms with Gasteiger partial charge in [-0.05, 0) is 66.6 Å². The van der Waals surface area contributed by atoms with E-state index in [9.17, 15) is 0 Å². The number of likely N-dealkylation sites (N-methyl/N-ethyl adjacent to an activating group) is 1. The maximum atomic E-state index is 6.00. The molecule has 2 aliphatic rings. The van der Waals surface area contributed by atoms with Gasteiger partial charge < -0.3 is 14.4 Å². The third-order valence-electron chi connectivity index (χ3n) is 6.79. The minimum absolute atomic E-state index is 0.675. The summed E-state index contributed by atoms with van der Waals surface area (Å²) in [6.07, 6.45) is 13.6. The van der Waals surface area contributed by atoms with Crippen LogP contribution in [0.15, 0.2) is 48.5 Å². The SMILES string of the molecule is COc1cc(OCCN2CCN(C)CC2)ccc1/C=C/c1cc(/C=C/c2ccc3c(c2)CC=C3)n[nH]1. The standard InChI is InChI=1S/C30H34N4O2/c1-33-14-16-34(17-15-33)18-19-36-29-13-10-25(30(22-29)35-2)9-12-28-21-27(31-32-28)11-7-23-6-8-24-4-3-5-26(24)20-23/h3-4,6-13,20-22H,5,14-19H2,1-2H3,(H,31,32)/b11-7+,12-9+. The number of nitrogens with zero attached hydrogens (tertiary/aromatic N) is 3. The van der Waals surface area contributed by atoms with Crippen molar-refractivity contribution in [3.8, 4) is 11.5 Å². The van der Waals surface area contributed by atoms with E-state index >= 15 is 0 Å². The summed E-state index contributed by atoms with van der Waals surface area (Å²) in [5.41, 5.74) is 6.70. The zero-order chi connectivity index (χ0) is 24.7. The zero-order valence-corrected chi connectivity index (χ0v) is 21.1. The predicted molar refractivity (Wildman–Crippen MR) is 148 cm³/mol. The number of piperazine rings is 1. The van der Waals surface area contributed by atoms with Crippen LogP contribution >= 0.6 is 0 Å². The van der Waals surface area contributed by atoms with E-state index in [1.54, 1.807) is 7.11 Å². The molecule has 3 aromatic rings. The van der Waals surface area contributed by atoms with Crippen LogP contribution in [-0.2, 0) is 6.42 Å². The first-order valence-corrected chi connectivity index (χ1v) is 12.6. The molecule has 36 heavy (non-hydrogen) atoms. The summed E-state index contributed by atoms with van der Waals surface area (Å²) in [6.45, 7) is 6.06. The summed E-state index contributed by atoms with van der Waals surface area (Å²) in [4.78, 5) is 4.81. The number of ether oxygens (including phenoxy) is 2. The molecule has 6 nitrogen and oxygen atoms in total. The van der Waals surface area contributed by atoms with Crippen LogP contribution in [0, 0.1) is 0 Å². The molecule has 6 heteroatoms. The number of aromatic nitrogens is 2. The van der Waals surface area contributed by atoms with Gasteiger partial charge in [0.1, 0.15) is 18.1 Å². The van der Waals surface area contributed by atoms with Crippen molar-refractivity contribution < 1.29 is 9.47 Å². The number of benzene rings is 2. The molecule has 1 aromatic heterocycles. The molecule has 0 amide bonds. The van der Waals surface area contributed by atoms with E-state index < -0.39 is 0 Å². The molecule has 1 fully saturated rings. The summed E-state index contributed by atoms with van der Waals surface area (Å²) in [6, 6.07) is 14.6. The largest absolute Gasteiger partial charge is 0.496 e. The highest BCUT2D eigenvalue weighted by molar-refractivity contribution is 5.75. The summed E-state index contributed by atoms with van der Waals surface area (Å²) >= 11 is 0. The second-order valence-electron chi connectivity index (χ2n) is 9.38. The van der Waals surface area contributed by atoms with Gasteiger partial charge in [0, 0.05) is 44.4 Å². The zero-order valence-electron chi connectivity index (χ0n) is 21.1. The topological polar surface area (TPSA) is 53.6 Å². The molecule has 0 saturated carbocycles. The van der Waals surface area contributed by atoms with Crippen molar-refractivity contribution in [2.75, 3.05) is 53.5 Å². The number of hydrogen-bond donors (Lipinski definition) is 1. The van der Waals surface area contributed by atoms with Gasteiger partial charge in [0.25, 0.3) is 0 Å². The van der Waals surface area contributed by atoms with Gasteiger partial charge in [-0.25, -0.2) is 0 Å². The Kier molecular flexibility index (Phi) is 7.64. The summed E-state index contributed by atoms with van der Waals surface area (Å²) in [7, 11) is 3.86. The number of hydrogen-bond acceptors (Lipinski definition) is 5. The van der Waals surface area contributed by atoms with E-state index in [0.29, 0.717) is 6.61 Å². The van der Waals surface area contributed by atoms with Crippen LogP contribution in [0.3, 0.4) is 0 Å². The number of allylic oxidation sites excluding steroid dienone is 1. The minimum Gasteiger partial charge on any atom is -0.496 e. The molecule has 0 radical (unpaired) electrons. The molecule has 0 spiro atoms. The molecule has 1 aliphatic carbocycles. The van der Waals surface area contributed by atoms with Crippen molar-refractivity contribution in [1.29, 1.82) is 0 Å². The van der Waals surface area contributed by atoms with Gasteiger partial charge in [-0.1, -0.05) is 36.4 Å². The Morgan fingerprint density at radius 1 is 0.972 bits per heavy atom. The minimum atomic E-state index is 0.675. The molecule has 2 aromatic carbocycles. The first-order chi connectivity index (χ1) is 17.7. The van der Waals surface area contributed by atoms with Crippen LogP contribution in [0.2, 0.25) is 0 Å². The summed E-state index contributed by atoms with van der Waals surface area (Å²) in [5, 5.41) is 7.51. The normalized spacial score (nSPS) is 16.3. The van der Waals surface area contributed by atoms with Crippen molar-refractivity contribution in [2.45, 2.75) is 6.42 Å². The lowest BCUT2D eigenvalue weighted by atomic mass is 10.1. The fourth-order valence-electron chi connectivity index (χ4n) is 4.55. The first kappa shape index (κ1) is 24.1. The monoisotopic (exact) mass is 482 g/mol. The maximum Gasteiger partial charge on any atom is 0.129 e. The number of fused-ring (bicyclic) bond motifs is 1. The first-order valence-electron chi connectivity index (χ1n) is 12.6. The number of H-pyrrole nitrogens is 1. The summed E-state index contributed by atoms with van der Waals surface area (Å²) in [5.74, 6) is 1.61. The second kappa shape index (κ2) is 11.4. The molecule has 5 rings (SSSR count). The Morgan fingerprint density at radius 2 is 1.86 bits per heavy atom. The van der Waals surface area contributed by atoms with E-state index in [1.165, 1.54) is 16.7 Å². The molecular formula is C30H34N4O2. The lowest BCUT2D eigenvalue weighted by molar-refractivity contribution is 0.133. The van der Waals surface area contributed by atoms with Gasteiger partial charge in [-0.2, -0.15) is 5.10 Å². The van der Waals surface area contributed by atoms with Crippen molar-refractivity contribution in [2.24, 2.45) is 0 Å². The number of aromatic amines is 1. The van der Waals surface area contributed by atoms with E-state index in [2.05, 4.69) is 63.5 Å². The van der Waals surface area contributed by atoms with E-state index in [-0.39, 0.29) is 0 Å². The average Bonchev–Trinajstić information content (AvgIpc) is 3.57. The van der Waals surface area contributed by atoms with Crippen LogP contribution in [0.25, 0.3) is 30.4 Å². The quantitative estimate of drug-likeness (QED) is 0.468. The van der Waals surface area contributed by atoms with Crippen LogP contribution in [0.1, 0.15) is 33.6 Å². The third kappa shape index (κ3) is 6.14. The van der Waals surface area contributed by atoms with Crippen LogP contribution in [-0.4, -0.2) is 73.5 Å². The van der Waals surface area contributed by atoms with Crippen molar-refractivity contribution >= 4 is 30.4 Å². The Morgan fingerprint density at radius 3 is 2.72 bits per heavy atom. The van der Waals surface area contributed by atoms with E-state index in [0.717, 1.165) is 67.6 Å². The highest BCUT2D eigenvalue weighted by Gasteiger charge is 2.13. The van der Waals surface area contributed by atoms with Crippen molar-refractivity contribution in [3.05, 3.63) is 82.2 Å². The molecule has 1 aliphatic heterocycles. The molecule has 0 unspecified atom stereocenters. The summed E-state index contributed by atoms with van der Waals surface area (Å²) < 4.78 is 11.6. The highest BCUT2D eigenvalue weighted by atomic mass is 16.5. The number of methoxy groups -OCH3 is 1. The Bertz CT molecular complexity index is 1270. The van der Waals surface area contributed by atoms with Gasteiger partial charge in [0.05, 0.1) is 18.5 Å².